The maximum absolute atomic E-state index is 13.6. The van der Waals surface area contributed by atoms with Crippen molar-refractivity contribution in [3.8, 4) is 0 Å². The summed E-state index contributed by atoms with van der Waals surface area (Å²) in [6.07, 6.45) is 0. The van der Waals surface area contributed by atoms with Crippen molar-refractivity contribution in [2.75, 3.05) is 10.5 Å². The Bertz CT molecular complexity index is 784. The molecule has 21 heavy (non-hydrogen) atoms. The van der Waals surface area contributed by atoms with Crippen molar-refractivity contribution >= 4 is 37.3 Å². The molecule has 4 nitrogen and oxygen atoms in total. The van der Waals surface area contributed by atoms with Crippen LogP contribution in [0.1, 0.15) is 11.1 Å². The molecule has 0 saturated carbocycles. The SMILES string of the molecule is Cc1ccc(NS(=O)(=O)c2cc(N)c(C)c(F)c2)cc1Br. The molecule has 0 fully saturated rings. The predicted molar refractivity (Wildman–Crippen MR) is 85.2 cm³/mol. The van der Waals surface area contributed by atoms with Crippen LogP contribution >= 0.6 is 15.9 Å². The molecule has 0 aliphatic rings. The van der Waals surface area contributed by atoms with Crippen LogP contribution in [0.5, 0.6) is 0 Å². The minimum atomic E-state index is -3.90. The summed E-state index contributed by atoms with van der Waals surface area (Å²) in [6.45, 7) is 3.38. The standard InChI is InChI=1S/C14H14BrFN2O2S/c1-8-3-4-10(5-12(8)15)18-21(19,20)11-6-13(16)9(2)14(17)7-11/h3-7,18H,17H2,1-2H3. The van der Waals surface area contributed by atoms with Gasteiger partial charge in [0.15, 0.2) is 0 Å². The molecule has 0 radical (unpaired) electrons. The van der Waals surface area contributed by atoms with Crippen molar-refractivity contribution in [3.05, 3.63) is 51.7 Å². The predicted octanol–water partition coefficient (Wildman–Crippen LogP) is 3.59. The monoisotopic (exact) mass is 372 g/mol. The molecule has 7 heteroatoms. The van der Waals surface area contributed by atoms with Crippen molar-refractivity contribution in [3.63, 3.8) is 0 Å². The molecule has 112 valence electrons. The Balaban J connectivity index is 2.40. The highest BCUT2D eigenvalue weighted by Gasteiger charge is 2.18. The smallest absolute Gasteiger partial charge is 0.262 e. The van der Waals surface area contributed by atoms with Gasteiger partial charge in [-0.15, -0.1) is 0 Å². The highest BCUT2D eigenvalue weighted by molar-refractivity contribution is 9.10. The molecule has 0 saturated heterocycles. The van der Waals surface area contributed by atoms with Gasteiger partial charge in [0, 0.05) is 21.4 Å². The molecule has 0 aromatic heterocycles. The van der Waals surface area contributed by atoms with E-state index in [1.165, 1.54) is 13.0 Å². The van der Waals surface area contributed by atoms with Gasteiger partial charge in [0.1, 0.15) is 5.82 Å². The van der Waals surface area contributed by atoms with Crippen LogP contribution in [0.25, 0.3) is 0 Å². The van der Waals surface area contributed by atoms with E-state index in [1.54, 1.807) is 18.2 Å². The summed E-state index contributed by atoms with van der Waals surface area (Å²) < 4.78 is 41.3. The second-order valence-corrected chi connectivity index (χ2v) is 7.23. The Kier molecular flexibility index (Phi) is 4.25. The topological polar surface area (TPSA) is 72.2 Å². The third-order valence-corrected chi connectivity index (χ3v) is 5.31. The van der Waals surface area contributed by atoms with E-state index < -0.39 is 15.8 Å². The Morgan fingerprint density at radius 1 is 1.19 bits per heavy atom. The number of sulfonamides is 1. The molecule has 2 aromatic carbocycles. The molecule has 0 aliphatic carbocycles. The molecule has 0 unspecified atom stereocenters. The van der Waals surface area contributed by atoms with Crippen LogP contribution in [0, 0.1) is 19.7 Å². The number of aryl methyl sites for hydroxylation is 1. The van der Waals surface area contributed by atoms with Crippen LogP contribution in [0.4, 0.5) is 15.8 Å². The quantitative estimate of drug-likeness (QED) is 0.808. The van der Waals surface area contributed by atoms with Gasteiger partial charge in [0.05, 0.1) is 4.90 Å². The Morgan fingerprint density at radius 3 is 2.43 bits per heavy atom. The fraction of sp³-hybridized carbons (Fsp3) is 0.143. The first-order valence-corrected chi connectivity index (χ1v) is 8.33. The Morgan fingerprint density at radius 2 is 1.86 bits per heavy atom. The van der Waals surface area contributed by atoms with Gasteiger partial charge < -0.3 is 5.73 Å². The summed E-state index contributed by atoms with van der Waals surface area (Å²) in [6, 6.07) is 7.24. The van der Waals surface area contributed by atoms with Crippen LogP contribution < -0.4 is 10.5 Å². The summed E-state index contributed by atoms with van der Waals surface area (Å²) >= 11 is 3.33. The molecular formula is C14H14BrFN2O2S. The van der Waals surface area contributed by atoms with Gasteiger partial charge in [0.2, 0.25) is 0 Å². The number of hydrogen-bond acceptors (Lipinski definition) is 3. The maximum Gasteiger partial charge on any atom is 0.262 e. The number of nitrogen functional groups attached to an aromatic ring is 1. The summed E-state index contributed by atoms with van der Waals surface area (Å²) in [4.78, 5) is -0.209. The normalized spacial score (nSPS) is 11.4. The number of benzene rings is 2. The fourth-order valence-corrected chi connectivity index (χ4v) is 3.17. The summed E-state index contributed by atoms with van der Waals surface area (Å²) in [7, 11) is -3.90. The van der Waals surface area contributed by atoms with E-state index in [0.29, 0.717) is 5.69 Å². The van der Waals surface area contributed by atoms with Crippen molar-refractivity contribution in [1.29, 1.82) is 0 Å². The van der Waals surface area contributed by atoms with Crippen LogP contribution in [-0.4, -0.2) is 8.42 Å². The summed E-state index contributed by atoms with van der Waals surface area (Å²) in [5.41, 5.74) is 7.30. The zero-order valence-corrected chi connectivity index (χ0v) is 13.8. The van der Waals surface area contributed by atoms with Crippen molar-refractivity contribution < 1.29 is 12.8 Å². The first-order valence-electron chi connectivity index (χ1n) is 6.05. The molecule has 2 aromatic rings. The number of rotatable bonds is 3. The molecule has 0 bridgehead atoms. The number of nitrogens with one attached hydrogen (secondary N) is 1. The molecule has 2 rings (SSSR count). The van der Waals surface area contributed by atoms with E-state index in [1.807, 2.05) is 6.92 Å². The molecule has 0 spiro atoms. The Hall–Kier alpha value is -1.60. The Labute approximate surface area is 131 Å². The van der Waals surface area contributed by atoms with Crippen molar-refractivity contribution in [1.82, 2.24) is 0 Å². The van der Waals surface area contributed by atoms with Crippen LogP contribution in [0.3, 0.4) is 0 Å². The average molecular weight is 373 g/mol. The molecule has 0 amide bonds. The number of nitrogens with two attached hydrogens (primary N) is 1. The zero-order chi connectivity index (χ0) is 15.8. The second-order valence-electron chi connectivity index (χ2n) is 4.69. The van der Waals surface area contributed by atoms with E-state index >= 15 is 0 Å². The van der Waals surface area contributed by atoms with Gasteiger partial charge in [-0.2, -0.15) is 0 Å². The van der Waals surface area contributed by atoms with Gasteiger partial charge in [-0.3, -0.25) is 4.72 Å². The lowest BCUT2D eigenvalue weighted by Crippen LogP contribution is -2.14. The van der Waals surface area contributed by atoms with Crippen molar-refractivity contribution in [2.45, 2.75) is 18.7 Å². The van der Waals surface area contributed by atoms with E-state index in [0.717, 1.165) is 16.1 Å². The van der Waals surface area contributed by atoms with Crippen LogP contribution in [-0.2, 0) is 10.0 Å². The number of anilines is 2. The second kappa shape index (κ2) is 5.65. The van der Waals surface area contributed by atoms with Crippen LogP contribution in [0.2, 0.25) is 0 Å². The largest absolute Gasteiger partial charge is 0.398 e. The van der Waals surface area contributed by atoms with Gasteiger partial charge in [0.25, 0.3) is 10.0 Å². The lowest BCUT2D eigenvalue weighted by molar-refractivity contribution is 0.593. The van der Waals surface area contributed by atoms with E-state index in [4.69, 9.17) is 5.73 Å². The zero-order valence-electron chi connectivity index (χ0n) is 11.4. The number of halogens is 2. The first kappa shape index (κ1) is 15.8. The highest BCUT2D eigenvalue weighted by atomic mass is 79.9. The van der Waals surface area contributed by atoms with E-state index in [-0.39, 0.29) is 16.1 Å². The van der Waals surface area contributed by atoms with Gasteiger partial charge in [-0.25, -0.2) is 12.8 Å². The fourth-order valence-electron chi connectivity index (χ4n) is 1.70. The lowest BCUT2D eigenvalue weighted by atomic mass is 10.2. The molecule has 0 aliphatic heterocycles. The molecular weight excluding hydrogens is 359 g/mol. The van der Waals surface area contributed by atoms with E-state index in [9.17, 15) is 12.8 Å². The van der Waals surface area contributed by atoms with Gasteiger partial charge >= 0.3 is 0 Å². The van der Waals surface area contributed by atoms with Crippen molar-refractivity contribution in [2.24, 2.45) is 0 Å². The third-order valence-electron chi connectivity index (χ3n) is 3.09. The third kappa shape index (κ3) is 3.36. The molecule has 0 atom stereocenters. The number of hydrogen-bond donors (Lipinski definition) is 2. The minimum absolute atomic E-state index is 0.0976. The van der Waals surface area contributed by atoms with E-state index in [2.05, 4.69) is 20.7 Å². The average Bonchev–Trinajstić information content (AvgIpc) is 2.39. The first-order chi connectivity index (χ1) is 9.70. The minimum Gasteiger partial charge on any atom is -0.398 e. The summed E-state index contributed by atoms with van der Waals surface area (Å²) in [5, 5.41) is 0. The summed E-state index contributed by atoms with van der Waals surface area (Å²) in [5.74, 6) is -0.652. The van der Waals surface area contributed by atoms with Gasteiger partial charge in [-0.05, 0) is 43.7 Å². The maximum atomic E-state index is 13.6. The van der Waals surface area contributed by atoms with Crippen LogP contribution in [0.15, 0.2) is 39.7 Å². The molecule has 3 N–H and O–H groups in total. The highest BCUT2D eigenvalue weighted by Crippen LogP contribution is 2.25. The lowest BCUT2D eigenvalue weighted by Gasteiger charge is -2.11. The van der Waals surface area contributed by atoms with Gasteiger partial charge in [-0.1, -0.05) is 22.0 Å². The molecule has 0 heterocycles.